The van der Waals surface area contributed by atoms with Gasteiger partial charge in [-0.15, -0.1) is 0 Å². The minimum Gasteiger partial charge on any atom is -0.374 e. The number of hydrogen-bond donors (Lipinski definition) is 1. The van der Waals surface area contributed by atoms with Gasteiger partial charge in [0, 0.05) is 34.8 Å². The lowest BCUT2D eigenvalue weighted by Crippen LogP contribution is -2.47. The van der Waals surface area contributed by atoms with Gasteiger partial charge in [0.2, 0.25) is 0 Å². The van der Waals surface area contributed by atoms with Crippen LogP contribution in [0.5, 0.6) is 0 Å². The van der Waals surface area contributed by atoms with Gasteiger partial charge in [0.15, 0.2) is 0 Å². The van der Waals surface area contributed by atoms with Gasteiger partial charge < -0.3 is 10.1 Å². The highest BCUT2D eigenvalue weighted by Crippen LogP contribution is 2.18. The molecule has 132 valence electrons. The van der Waals surface area contributed by atoms with E-state index in [1.54, 1.807) is 12.1 Å². The maximum Gasteiger partial charge on any atom is 0.252 e. The maximum atomic E-state index is 12.4. The van der Waals surface area contributed by atoms with Gasteiger partial charge in [-0.3, -0.25) is 9.69 Å². The summed E-state index contributed by atoms with van der Waals surface area (Å²) >= 11 is 8.13. The molecule has 1 N–H and O–H groups in total. The fraction of sp³-hybridized carbons (Fsp3) is 0.316. The average molecular weight is 471 g/mol. The third-order valence-corrected chi connectivity index (χ3v) is 5.31. The molecule has 0 spiro atoms. The highest BCUT2D eigenvalue weighted by Gasteiger charge is 2.21. The van der Waals surface area contributed by atoms with Crippen molar-refractivity contribution < 1.29 is 9.53 Å². The summed E-state index contributed by atoms with van der Waals surface area (Å²) in [6.45, 7) is 3.79. The molecule has 0 saturated carbocycles. The first-order valence-electron chi connectivity index (χ1n) is 8.23. The van der Waals surface area contributed by atoms with Crippen LogP contribution in [0.1, 0.15) is 15.9 Å². The Morgan fingerprint density at radius 3 is 2.88 bits per heavy atom. The van der Waals surface area contributed by atoms with Crippen LogP contribution in [-0.4, -0.2) is 43.2 Å². The quantitative estimate of drug-likeness (QED) is 0.679. The molecule has 1 aliphatic heterocycles. The number of amides is 1. The minimum atomic E-state index is -0.115. The van der Waals surface area contributed by atoms with Crippen LogP contribution in [0.3, 0.4) is 0 Å². The van der Waals surface area contributed by atoms with Crippen molar-refractivity contribution in [3.63, 3.8) is 0 Å². The molecule has 25 heavy (non-hydrogen) atoms. The number of hydrogen-bond acceptors (Lipinski definition) is 3. The summed E-state index contributed by atoms with van der Waals surface area (Å²) in [7, 11) is 0. The van der Waals surface area contributed by atoms with Crippen molar-refractivity contribution in [1.82, 2.24) is 10.2 Å². The molecule has 1 fully saturated rings. The second kappa shape index (κ2) is 8.98. The monoisotopic (exact) mass is 470 g/mol. The lowest BCUT2D eigenvalue weighted by atomic mass is 10.2. The molecule has 2 aromatic rings. The smallest absolute Gasteiger partial charge is 0.252 e. The topological polar surface area (TPSA) is 41.6 Å². The first kappa shape index (κ1) is 18.6. The lowest BCUT2D eigenvalue weighted by Gasteiger charge is -2.33. The number of carbonyl (C=O) groups excluding carboxylic acids is 1. The Kier molecular flexibility index (Phi) is 6.70. The molecule has 2 aromatic carbocycles. The van der Waals surface area contributed by atoms with Gasteiger partial charge in [-0.05, 0) is 46.4 Å². The third kappa shape index (κ3) is 5.41. The first-order chi connectivity index (χ1) is 12.1. The van der Waals surface area contributed by atoms with E-state index in [9.17, 15) is 4.79 Å². The Balaban J connectivity index is 1.52. The van der Waals surface area contributed by atoms with E-state index in [1.807, 2.05) is 12.1 Å². The fourth-order valence-electron chi connectivity index (χ4n) is 2.86. The predicted molar refractivity (Wildman–Crippen MR) is 108 cm³/mol. The van der Waals surface area contributed by atoms with Crippen LogP contribution < -0.4 is 5.32 Å². The average Bonchev–Trinajstić information content (AvgIpc) is 2.63. The molecular weight excluding hydrogens is 451 g/mol. The molecule has 0 radical (unpaired) electrons. The molecular formula is C19H20ClIN2O2. The fourth-order valence-corrected chi connectivity index (χ4v) is 3.61. The summed E-state index contributed by atoms with van der Waals surface area (Å²) in [5.41, 5.74) is 1.89. The van der Waals surface area contributed by atoms with Crippen molar-refractivity contribution in [3.05, 3.63) is 68.3 Å². The number of halogens is 2. The van der Waals surface area contributed by atoms with Gasteiger partial charge in [-0.25, -0.2) is 0 Å². The molecule has 1 heterocycles. The van der Waals surface area contributed by atoms with Crippen molar-refractivity contribution in [2.75, 3.05) is 26.2 Å². The summed E-state index contributed by atoms with van der Waals surface area (Å²) in [6.07, 6.45) is -0.00161. The summed E-state index contributed by atoms with van der Waals surface area (Å²) in [6, 6.07) is 15.7. The zero-order chi connectivity index (χ0) is 17.6. The predicted octanol–water partition coefficient (Wildman–Crippen LogP) is 3.58. The van der Waals surface area contributed by atoms with E-state index in [2.05, 4.69) is 57.1 Å². The molecule has 0 aromatic heterocycles. The standard InChI is InChI=1S/C19H20ClIN2O2/c20-15-6-7-18(21)17(10-15)19(24)22-11-16-13-23(8-9-25-16)12-14-4-2-1-3-5-14/h1-7,10,16H,8-9,11-13H2,(H,22,24). The Morgan fingerprint density at radius 1 is 1.28 bits per heavy atom. The lowest BCUT2D eigenvalue weighted by molar-refractivity contribution is -0.0292. The van der Waals surface area contributed by atoms with Crippen LogP contribution in [0, 0.1) is 3.57 Å². The number of benzene rings is 2. The van der Waals surface area contributed by atoms with Crippen LogP contribution in [0.25, 0.3) is 0 Å². The SMILES string of the molecule is O=C(NCC1CN(Cc2ccccc2)CCO1)c1cc(Cl)ccc1I. The second-order valence-corrected chi connectivity index (χ2v) is 7.65. The van der Waals surface area contributed by atoms with E-state index in [4.69, 9.17) is 16.3 Å². The van der Waals surface area contributed by atoms with Gasteiger partial charge in [-0.2, -0.15) is 0 Å². The van der Waals surface area contributed by atoms with Crippen LogP contribution in [-0.2, 0) is 11.3 Å². The van der Waals surface area contributed by atoms with Crippen molar-refractivity contribution in [2.24, 2.45) is 0 Å². The molecule has 4 nitrogen and oxygen atoms in total. The third-order valence-electron chi connectivity index (χ3n) is 4.14. The zero-order valence-electron chi connectivity index (χ0n) is 13.8. The van der Waals surface area contributed by atoms with Gasteiger partial charge in [-0.1, -0.05) is 41.9 Å². The highest BCUT2D eigenvalue weighted by atomic mass is 127. The zero-order valence-corrected chi connectivity index (χ0v) is 16.7. The Labute approximate surface area is 166 Å². The summed E-state index contributed by atoms with van der Waals surface area (Å²) in [4.78, 5) is 14.7. The number of ether oxygens (including phenoxy) is 1. The summed E-state index contributed by atoms with van der Waals surface area (Å²) in [5.74, 6) is -0.115. The van der Waals surface area contributed by atoms with Gasteiger partial charge in [0.05, 0.1) is 18.3 Å². The molecule has 1 amide bonds. The van der Waals surface area contributed by atoms with E-state index in [-0.39, 0.29) is 12.0 Å². The minimum absolute atomic E-state index is 0.00161. The number of morpholine rings is 1. The summed E-state index contributed by atoms with van der Waals surface area (Å²) < 4.78 is 6.69. The Bertz CT molecular complexity index is 727. The molecule has 3 rings (SSSR count). The van der Waals surface area contributed by atoms with Crippen LogP contribution in [0.15, 0.2) is 48.5 Å². The van der Waals surface area contributed by atoms with E-state index in [0.717, 1.165) is 23.2 Å². The number of carbonyl (C=O) groups is 1. The maximum absolute atomic E-state index is 12.4. The van der Waals surface area contributed by atoms with Crippen LogP contribution in [0.4, 0.5) is 0 Å². The van der Waals surface area contributed by atoms with Gasteiger partial charge >= 0.3 is 0 Å². The number of nitrogens with one attached hydrogen (secondary N) is 1. The van der Waals surface area contributed by atoms with Crippen LogP contribution >= 0.6 is 34.2 Å². The molecule has 1 atom stereocenters. The second-order valence-electron chi connectivity index (χ2n) is 6.05. The number of rotatable bonds is 5. The molecule has 0 aliphatic carbocycles. The van der Waals surface area contributed by atoms with E-state index >= 15 is 0 Å². The van der Waals surface area contributed by atoms with Crippen molar-refractivity contribution in [3.8, 4) is 0 Å². The van der Waals surface area contributed by atoms with Gasteiger partial charge in [0.25, 0.3) is 5.91 Å². The molecule has 1 saturated heterocycles. The van der Waals surface area contributed by atoms with E-state index < -0.39 is 0 Å². The summed E-state index contributed by atoms with van der Waals surface area (Å²) in [5, 5.41) is 3.53. The highest BCUT2D eigenvalue weighted by molar-refractivity contribution is 14.1. The Hall–Kier alpha value is -1.15. The van der Waals surface area contributed by atoms with Crippen LogP contribution in [0.2, 0.25) is 5.02 Å². The first-order valence-corrected chi connectivity index (χ1v) is 9.68. The molecule has 0 bridgehead atoms. The normalized spacial score (nSPS) is 18.1. The van der Waals surface area contributed by atoms with Crippen molar-refractivity contribution in [2.45, 2.75) is 12.6 Å². The molecule has 1 unspecified atom stereocenters. The molecule has 6 heteroatoms. The molecule has 1 aliphatic rings. The number of nitrogens with zero attached hydrogens (tertiary/aromatic N) is 1. The van der Waals surface area contributed by atoms with Crippen molar-refractivity contribution >= 4 is 40.1 Å². The van der Waals surface area contributed by atoms with E-state index in [0.29, 0.717) is 23.7 Å². The van der Waals surface area contributed by atoms with Crippen molar-refractivity contribution in [1.29, 1.82) is 0 Å². The van der Waals surface area contributed by atoms with E-state index in [1.165, 1.54) is 5.56 Å². The Morgan fingerprint density at radius 2 is 2.08 bits per heavy atom. The largest absolute Gasteiger partial charge is 0.374 e. The van der Waals surface area contributed by atoms with Gasteiger partial charge in [0.1, 0.15) is 0 Å².